The van der Waals surface area contributed by atoms with Gasteiger partial charge in [0.05, 0.1) is 6.61 Å². The Bertz CT molecular complexity index is 683. The first-order valence-corrected chi connectivity index (χ1v) is 9.09. The van der Waals surface area contributed by atoms with Gasteiger partial charge in [0, 0.05) is 11.1 Å². The molecule has 1 aromatic rings. The van der Waals surface area contributed by atoms with Crippen molar-refractivity contribution in [3.63, 3.8) is 0 Å². The number of nitrogens with one attached hydrogen (secondary N) is 1. The van der Waals surface area contributed by atoms with Gasteiger partial charge in [-0.1, -0.05) is 32.9 Å². The number of hydrogen-bond acceptors (Lipinski definition) is 4. The fourth-order valence-electron chi connectivity index (χ4n) is 4.25. The third kappa shape index (κ3) is 3.12. The normalized spacial score (nSPS) is 28.2. The Hall–Kier alpha value is -2.04. The topological polar surface area (TPSA) is 59.9 Å². The molecule has 2 bridgehead atoms. The highest BCUT2D eigenvalue weighted by Gasteiger charge is 2.59. The molecule has 1 amide bonds. The summed E-state index contributed by atoms with van der Waals surface area (Å²) in [7, 11) is 0. The molecule has 2 atom stereocenters. The Morgan fingerprint density at radius 3 is 2.48 bits per heavy atom. The second-order valence-corrected chi connectivity index (χ2v) is 7.76. The minimum Gasteiger partial charge on any atom is -0.490 e. The van der Waals surface area contributed by atoms with E-state index in [9.17, 15) is 4.79 Å². The number of hydrogen-bond donors (Lipinski definition) is 1. The van der Waals surface area contributed by atoms with Crippen molar-refractivity contribution in [2.24, 2.45) is 21.8 Å². The third-order valence-electron chi connectivity index (χ3n) is 6.34. The second-order valence-electron chi connectivity index (χ2n) is 7.76. The molecular weight excluding hydrogens is 316 g/mol. The monoisotopic (exact) mass is 344 g/mol. The maximum Gasteiger partial charge on any atom is 0.277 e. The number of ether oxygens (including phenoxy) is 2. The van der Waals surface area contributed by atoms with Crippen molar-refractivity contribution in [1.29, 1.82) is 0 Å². The van der Waals surface area contributed by atoms with Crippen LogP contribution in [0.1, 0.15) is 47.0 Å². The number of rotatable bonds is 6. The Morgan fingerprint density at radius 2 is 1.92 bits per heavy atom. The molecule has 2 fully saturated rings. The Morgan fingerprint density at radius 1 is 1.24 bits per heavy atom. The van der Waals surface area contributed by atoms with Crippen LogP contribution in [-0.2, 0) is 4.79 Å². The van der Waals surface area contributed by atoms with E-state index in [2.05, 4.69) is 31.3 Å². The molecule has 0 aliphatic heterocycles. The fourth-order valence-corrected chi connectivity index (χ4v) is 4.25. The van der Waals surface area contributed by atoms with Crippen molar-refractivity contribution < 1.29 is 14.3 Å². The van der Waals surface area contributed by atoms with Crippen LogP contribution < -0.4 is 14.9 Å². The number of hydrazone groups is 1. The summed E-state index contributed by atoms with van der Waals surface area (Å²) in [6.07, 6.45) is 3.39. The summed E-state index contributed by atoms with van der Waals surface area (Å²) in [4.78, 5) is 12.1. The number of benzene rings is 1. The first-order valence-electron chi connectivity index (χ1n) is 9.09. The third-order valence-corrected chi connectivity index (χ3v) is 6.34. The zero-order valence-corrected chi connectivity index (χ0v) is 15.6. The smallest absolute Gasteiger partial charge is 0.277 e. The maximum atomic E-state index is 12.1. The molecule has 0 heterocycles. The van der Waals surface area contributed by atoms with Crippen LogP contribution >= 0.6 is 0 Å². The van der Waals surface area contributed by atoms with Gasteiger partial charge in [0.2, 0.25) is 0 Å². The van der Waals surface area contributed by atoms with Crippen LogP contribution in [0.2, 0.25) is 0 Å². The van der Waals surface area contributed by atoms with E-state index in [1.807, 2.05) is 25.1 Å². The zero-order valence-electron chi connectivity index (χ0n) is 15.6. The van der Waals surface area contributed by atoms with Crippen LogP contribution in [0, 0.1) is 16.7 Å². The van der Waals surface area contributed by atoms with E-state index in [0.29, 0.717) is 24.0 Å². The molecule has 5 heteroatoms. The summed E-state index contributed by atoms with van der Waals surface area (Å²) < 4.78 is 11.1. The summed E-state index contributed by atoms with van der Waals surface area (Å²) in [5.41, 5.74) is 4.14. The van der Waals surface area contributed by atoms with Crippen LogP contribution in [0.15, 0.2) is 29.4 Å². The molecule has 2 saturated carbocycles. The van der Waals surface area contributed by atoms with Gasteiger partial charge in [-0.05, 0) is 49.7 Å². The zero-order chi connectivity index (χ0) is 18.1. The number of para-hydroxylation sites is 2. The van der Waals surface area contributed by atoms with Gasteiger partial charge in [0.1, 0.15) is 0 Å². The van der Waals surface area contributed by atoms with Crippen LogP contribution in [0.5, 0.6) is 11.5 Å². The van der Waals surface area contributed by atoms with Crippen molar-refractivity contribution in [1.82, 2.24) is 5.43 Å². The van der Waals surface area contributed by atoms with Crippen molar-refractivity contribution in [2.75, 3.05) is 13.2 Å². The average Bonchev–Trinajstić information content (AvgIpc) is 2.92. The van der Waals surface area contributed by atoms with E-state index in [-0.39, 0.29) is 23.3 Å². The second kappa shape index (κ2) is 6.70. The fraction of sp³-hybridized carbons (Fsp3) is 0.600. The van der Waals surface area contributed by atoms with E-state index in [0.717, 1.165) is 18.6 Å². The predicted octanol–water partition coefficient (Wildman–Crippen LogP) is 3.78. The van der Waals surface area contributed by atoms with E-state index in [1.54, 1.807) is 6.07 Å². The van der Waals surface area contributed by atoms with Gasteiger partial charge in [-0.2, -0.15) is 5.10 Å². The first kappa shape index (κ1) is 17.8. The van der Waals surface area contributed by atoms with E-state index in [1.165, 1.54) is 6.42 Å². The summed E-state index contributed by atoms with van der Waals surface area (Å²) in [6, 6.07) is 7.36. The number of carbonyl (C=O) groups excluding carboxylic acids is 1. The minimum absolute atomic E-state index is 0.0790. The molecular formula is C20H28N2O3. The minimum atomic E-state index is -0.247. The Balaban J connectivity index is 1.58. The quantitative estimate of drug-likeness (QED) is 0.799. The van der Waals surface area contributed by atoms with Crippen molar-refractivity contribution in [3.05, 3.63) is 24.3 Å². The van der Waals surface area contributed by atoms with Crippen LogP contribution in [0.25, 0.3) is 0 Å². The predicted molar refractivity (Wildman–Crippen MR) is 97.9 cm³/mol. The van der Waals surface area contributed by atoms with Crippen molar-refractivity contribution in [3.8, 4) is 11.5 Å². The average molecular weight is 344 g/mol. The lowest BCUT2D eigenvalue weighted by Crippen LogP contribution is -2.35. The van der Waals surface area contributed by atoms with Crippen LogP contribution in [0.4, 0.5) is 0 Å². The Kier molecular flexibility index (Phi) is 4.76. The Labute approximate surface area is 149 Å². The molecule has 1 N–H and O–H groups in total. The van der Waals surface area contributed by atoms with Gasteiger partial charge in [-0.25, -0.2) is 5.43 Å². The van der Waals surface area contributed by atoms with E-state index < -0.39 is 0 Å². The lowest BCUT2D eigenvalue weighted by molar-refractivity contribution is -0.123. The van der Waals surface area contributed by atoms with Crippen molar-refractivity contribution in [2.45, 2.75) is 47.0 Å². The number of nitrogens with zero attached hydrogens (tertiary/aromatic N) is 1. The molecule has 0 radical (unpaired) electrons. The summed E-state index contributed by atoms with van der Waals surface area (Å²) in [6.45, 7) is 9.31. The van der Waals surface area contributed by atoms with Crippen LogP contribution in [-0.4, -0.2) is 24.8 Å². The highest BCUT2D eigenvalue weighted by molar-refractivity contribution is 5.95. The molecule has 2 aliphatic carbocycles. The molecule has 25 heavy (non-hydrogen) atoms. The largest absolute Gasteiger partial charge is 0.490 e. The molecule has 2 unspecified atom stereocenters. The van der Waals surface area contributed by atoms with Crippen LogP contribution in [0.3, 0.4) is 0 Å². The summed E-state index contributed by atoms with van der Waals surface area (Å²) in [5, 5.41) is 4.45. The lowest BCUT2D eigenvalue weighted by Gasteiger charge is -2.34. The SMILES string of the molecule is CCOc1ccccc1OCC(=O)N/N=C1\CC2CCC1(C)C2(C)C. The van der Waals surface area contributed by atoms with Gasteiger partial charge in [-0.3, -0.25) is 4.79 Å². The van der Waals surface area contributed by atoms with E-state index in [4.69, 9.17) is 9.47 Å². The number of fused-ring (bicyclic) bond motifs is 2. The molecule has 0 aromatic heterocycles. The van der Waals surface area contributed by atoms with Crippen molar-refractivity contribution >= 4 is 11.6 Å². The standard InChI is InChI=1S/C20H28N2O3/c1-5-24-15-8-6-7-9-16(15)25-13-18(23)22-21-17-12-14-10-11-20(17,4)19(14,2)3/h6-9,14H,5,10-13H2,1-4H3,(H,22,23)/b21-17+. The highest BCUT2D eigenvalue weighted by Crippen LogP contribution is 2.63. The van der Waals surface area contributed by atoms with Gasteiger partial charge >= 0.3 is 0 Å². The van der Waals surface area contributed by atoms with Gasteiger partial charge < -0.3 is 9.47 Å². The lowest BCUT2D eigenvalue weighted by atomic mass is 9.70. The number of amides is 1. The summed E-state index contributed by atoms with van der Waals surface area (Å²) >= 11 is 0. The first-order chi connectivity index (χ1) is 11.9. The maximum absolute atomic E-state index is 12.1. The molecule has 136 valence electrons. The summed E-state index contributed by atoms with van der Waals surface area (Å²) in [5.74, 6) is 1.64. The van der Waals surface area contributed by atoms with Gasteiger partial charge in [0.25, 0.3) is 5.91 Å². The van der Waals surface area contributed by atoms with Gasteiger partial charge in [0.15, 0.2) is 18.1 Å². The molecule has 2 aliphatic rings. The molecule has 0 saturated heterocycles. The molecule has 5 nitrogen and oxygen atoms in total. The molecule has 3 rings (SSSR count). The highest BCUT2D eigenvalue weighted by atomic mass is 16.5. The van der Waals surface area contributed by atoms with E-state index >= 15 is 0 Å². The molecule has 0 spiro atoms. The molecule has 1 aromatic carbocycles. The number of carbonyl (C=O) groups is 1. The van der Waals surface area contributed by atoms with Gasteiger partial charge in [-0.15, -0.1) is 0 Å².